The SMILES string of the molecule is Cc1cccc(NC(=O)COC(=O)c2ccc(N3C(=O)[C@@H]4[C@H]5CC[C@@H](C5)[C@@H]4C3=O)cc2)c1C. The Morgan fingerprint density at radius 1 is 0.970 bits per heavy atom. The van der Waals surface area contributed by atoms with Crippen LogP contribution in [0.4, 0.5) is 11.4 Å². The molecule has 3 aliphatic rings. The molecule has 5 rings (SSSR count). The summed E-state index contributed by atoms with van der Waals surface area (Å²) in [7, 11) is 0. The van der Waals surface area contributed by atoms with E-state index in [1.807, 2.05) is 26.0 Å². The Morgan fingerprint density at radius 3 is 2.24 bits per heavy atom. The number of amides is 3. The summed E-state index contributed by atoms with van der Waals surface area (Å²) in [4.78, 5) is 51.8. The summed E-state index contributed by atoms with van der Waals surface area (Å²) >= 11 is 0. The third-order valence-electron chi connectivity index (χ3n) is 7.50. The predicted molar refractivity (Wildman–Crippen MR) is 122 cm³/mol. The molecule has 0 radical (unpaired) electrons. The van der Waals surface area contributed by atoms with Gasteiger partial charge in [0.05, 0.1) is 23.1 Å². The lowest BCUT2D eigenvalue weighted by molar-refractivity contribution is -0.123. The number of nitrogens with zero attached hydrogens (tertiary/aromatic N) is 1. The zero-order valence-electron chi connectivity index (χ0n) is 18.7. The molecular formula is C26H26N2O5. The zero-order chi connectivity index (χ0) is 23.3. The number of fused-ring (bicyclic) bond motifs is 5. The van der Waals surface area contributed by atoms with Gasteiger partial charge in [0.15, 0.2) is 6.61 Å². The Morgan fingerprint density at radius 2 is 1.61 bits per heavy atom. The molecule has 33 heavy (non-hydrogen) atoms. The number of rotatable bonds is 5. The van der Waals surface area contributed by atoms with Crippen molar-refractivity contribution in [3.05, 3.63) is 59.2 Å². The van der Waals surface area contributed by atoms with Crippen LogP contribution in [0.3, 0.4) is 0 Å². The van der Waals surface area contributed by atoms with E-state index in [1.54, 1.807) is 18.2 Å². The molecule has 2 bridgehead atoms. The van der Waals surface area contributed by atoms with Gasteiger partial charge in [-0.2, -0.15) is 0 Å². The van der Waals surface area contributed by atoms with E-state index in [1.165, 1.54) is 17.0 Å². The molecule has 7 nitrogen and oxygen atoms in total. The molecule has 7 heteroatoms. The van der Waals surface area contributed by atoms with Gasteiger partial charge in [0.25, 0.3) is 5.91 Å². The van der Waals surface area contributed by atoms with Crippen molar-refractivity contribution in [2.75, 3.05) is 16.8 Å². The number of aryl methyl sites for hydroxylation is 1. The van der Waals surface area contributed by atoms with Crippen LogP contribution in [0, 0.1) is 37.5 Å². The number of imide groups is 1. The predicted octanol–water partition coefficient (Wildman–Crippen LogP) is 3.63. The van der Waals surface area contributed by atoms with Crippen molar-refractivity contribution >= 4 is 35.1 Å². The van der Waals surface area contributed by atoms with Crippen molar-refractivity contribution in [2.24, 2.45) is 23.7 Å². The van der Waals surface area contributed by atoms with Gasteiger partial charge in [0.2, 0.25) is 11.8 Å². The summed E-state index contributed by atoms with van der Waals surface area (Å²) in [5.74, 6) is -1.02. The highest BCUT2D eigenvalue weighted by Crippen LogP contribution is 2.56. The maximum Gasteiger partial charge on any atom is 0.338 e. The van der Waals surface area contributed by atoms with Crippen LogP contribution in [0.2, 0.25) is 0 Å². The number of benzene rings is 2. The van der Waals surface area contributed by atoms with Crippen molar-refractivity contribution in [3.8, 4) is 0 Å². The maximum absolute atomic E-state index is 12.9. The lowest BCUT2D eigenvalue weighted by Crippen LogP contribution is -2.32. The molecule has 3 amide bonds. The van der Waals surface area contributed by atoms with Crippen molar-refractivity contribution in [1.82, 2.24) is 0 Å². The van der Waals surface area contributed by atoms with Gasteiger partial charge in [-0.05, 0) is 86.4 Å². The van der Waals surface area contributed by atoms with E-state index in [9.17, 15) is 19.2 Å². The van der Waals surface area contributed by atoms with Crippen LogP contribution in [0.5, 0.6) is 0 Å². The summed E-state index contributed by atoms with van der Waals surface area (Å²) in [6.45, 7) is 3.45. The highest BCUT2D eigenvalue weighted by molar-refractivity contribution is 6.22. The fourth-order valence-electron chi connectivity index (χ4n) is 5.70. The first kappa shape index (κ1) is 21.4. The molecule has 1 saturated heterocycles. The van der Waals surface area contributed by atoms with Gasteiger partial charge in [-0.1, -0.05) is 12.1 Å². The summed E-state index contributed by atoms with van der Waals surface area (Å²) in [5.41, 5.74) is 3.41. The minimum Gasteiger partial charge on any atom is -0.452 e. The first-order chi connectivity index (χ1) is 15.8. The largest absolute Gasteiger partial charge is 0.452 e. The van der Waals surface area contributed by atoms with Gasteiger partial charge in [0.1, 0.15) is 0 Å². The zero-order valence-corrected chi connectivity index (χ0v) is 18.7. The molecular weight excluding hydrogens is 420 g/mol. The summed E-state index contributed by atoms with van der Waals surface area (Å²) < 4.78 is 5.14. The monoisotopic (exact) mass is 446 g/mol. The minimum atomic E-state index is -0.647. The van der Waals surface area contributed by atoms with Crippen LogP contribution in [0.1, 0.15) is 40.7 Å². The van der Waals surface area contributed by atoms with Crippen molar-refractivity contribution in [1.29, 1.82) is 0 Å². The first-order valence-corrected chi connectivity index (χ1v) is 11.4. The third-order valence-corrected chi connectivity index (χ3v) is 7.50. The number of anilines is 2. The van der Waals surface area contributed by atoms with Crippen LogP contribution >= 0.6 is 0 Å². The molecule has 3 fully saturated rings. The van der Waals surface area contributed by atoms with E-state index in [0.717, 1.165) is 30.4 Å². The summed E-state index contributed by atoms with van der Waals surface area (Å²) in [6, 6.07) is 11.8. The van der Waals surface area contributed by atoms with Crippen molar-refractivity contribution < 1.29 is 23.9 Å². The molecule has 0 unspecified atom stereocenters. The quantitative estimate of drug-likeness (QED) is 0.559. The molecule has 2 aromatic carbocycles. The second kappa shape index (κ2) is 8.14. The normalized spacial score (nSPS) is 25.3. The number of hydrogen-bond donors (Lipinski definition) is 1. The van der Waals surface area contributed by atoms with Gasteiger partial charge in [-0.25, -0.2) is 4.79 Å². The van der Waals surface area contributed by atoms with Gasteiger partial charge in [0, 0.05) is 5.69 Å². The van der Waals surface area contributed by atoms with E-state index in [2.05, 4.69) is 5.32 Å². The minimum absolute atomic E-state index is 0.115. The number of nitrogens with one attached hydrogen (secondary N) is 1. The van der Waals surface area contributed by atoms with E-state index >= 15 is 0 Å². The first-order valence-electron chi connectivity index (χ1n) is 11.4. The van der Waals surface area contributed by atoms with Crippen LogP contribution in [-0.4, -0.2) is 30.3 Å². The molecule has 1 heterocycles. The van der Waals surface area contributed by atoms with Gasteiger partial charge < -0.3 is 10.1 Å². The van der Waals surface area contributed by atoms with Crippen molar-refractivity contribution in [3.63, 3.8) is 0 Å². The third kappa shape index (κ3) is 3.61. The Balaban J connectivity index is 1.20. The number of carbonyl (C=O) groups is 4. The second-order valence-electron chi connectivity index (χ2n) is 9.32. The Labute approximate surface area is 192 Å². The summed E-state index contributed by atoms with van der Waals surface area (Å²) in [5, 5.41) is 2.75. The fraction of sp³-hybridized carbons (Fsp3) is 0.385. The van der Waals surface area contributed by atoms with Crippen LogP contribution in [0.15, 0.2) is 42.5 Å². The molecule has 1 N–H and O–H groups in total. The molecule has 170 valence electrons. The second-order valence-corrected chi connectivity index (χ2v) is 9.32. The summed E-state index contributed by atoms with van der Waals surface area (Å²) in [6.07, 6.45) is 3.05. The van der Waals surface area contributed by atoms with Crippen LogP contribution in [-0.2, 0) is 19.1 Å². The van der Waals surface area contributed by atoms with E-state index in [0.29, 0.717) is 23.2 Å². The topological polar surface area (TPSA) is 92.8 Å². The molecule has 0 aromatic heterocycles. The number of esters is 1. The van der Waals surface area contributed by atoms with Crippen LogP contribution in [0.25, 0.3) is 0 Å². The Kier molecular flexibility index (Phi) is 5.27. The average Bonchev–Trinajstić information content (AvgIpc) is 3.49. The number of hydrogen-bond acceptors (Lipinski definition) is 5. The van der Waals surface area contributed by atoms with E-state index < -0.39 is 18.5 Å². The Bertz CT molecular complexity index is 1130. The average molecular weight is 447 g/mol. The van der Waals surface area contributed by atoms with Gasteiger partial charge in [-0.3, -0.25) is 19.3 Å². The van der Waals surface area contributed by atoms with Crippen LogP contribution < -0.4 is 10.2 Å². The standard InChI is InChI=1S/C26H26N2O5/c1-14-4-3-5-20(15(14)2)27-21(29)13-33-26(32)16-8-10-19(11-9-16)28-24(30)22-17-6-7-18(12-17)23(22)25(28)31/h3-5,8-11,17-18,22-23H,6-7,12-13H2,1-2H3,(H,27,29)/t17-,18-,22-,23+/m0/s1. The maximum atomic E-state index is 12.9. The molecule has 4 atom stereocenters. The van der Waals surface area contributed by atoms with E-state index in [-0.39, 0.29) is 29.2 Å². The highest BCUT2D eigenvalue weighted by atomic mass is 16.5. The fourth-order valence-corrected chi connectivity index (χ4v) is 5.70. The molecule has 2 saturated carbocycles. The molecule has 1 aliphatic heterocycles. The molecule has 0 spiro atoms. The molecule has 2 aromatic rings. The van der Waals surface area contributed by atoms with Gasteiger partial charge >= 0.3 is 5.97 Å². The lowest BCUT2D eigenvalue weighted by Gasteiger charge is -2.19. The number of ether oxygens (including phenoxy) is 1. The van der Waals surface area contributed by atoms with E-state index in [4.69, 9.17) is 4.74 Å². The Hall–Kier alpha value is -3.48. The van der Waals surface area contributed by atoms with Crippen molar-refractivity contribution in [2.45, 2.75) is 33.1 Å². The highest BCUT2D eigenvalue weighted by Gasteiger charge is 2.61. The van der Waals surface area contributed by atoms with Gasteiger partial charge in [-0.15, -0.1) is 0 Å². The molecule has 2 aliphatic carbocycles. The smallest absolute Gasteiger partial charge is 0.338 e. The lowest BCUT2D eigenvalue weighted by atomic mass is 9.81. The number of carbonyl (C=O) groups excluding carboxylic acids is 4.